The highest BCUT2D eigenvalue weighted by molar-refractivity contribution is 7.09. The predicted octanol–water partition coefficient (Wildman–Crippen LogP) is 4.54. The summed E-state index contributed by atoms with van der Waals surface area (Å²) in [5.41, 5.74) is 1.35. The van der Waals surface area contributed by atoms with Gasteiger partial charge in [0.05, 0.1) is 0 Å². The van der Waals surface area contributed by atoms with E-state index < -0.39 is 12.1 Å². The molecule has 0 aliphatic carbocycles. The number of amides is 3. The summed E-state index contributed by atoms with van der Waals surface area (Å²) in [6.45, 7) is 1.29. The van der Waals surface area contributed by atoms with Crippen molar-refractivity contribution in [2.45, 2.75) is 24.8 Å². The first kappa shape index (κ1) is 24.0. The standard InChI is InChI=1S/C25H28ClN5O2S/c1-27-25-30(2)16-21(34-25)17-12-14-31(15-13-17)23(32)22(18-6-4-3-5-7-18)29-24(33)28-20-10-8-19(26)9-11-20/h3-11,16-17,22H,12-15H2,1-2H3,(H2,28,29,33)/b27-25-/t22-/m1/s1. The van der Waals surface area contributed by atoms with Crippen LogP contribution in [0.3, 0.4) is 0 Å². The van der Waals surface area contributed by atoms with Crippen molar-refractivity contribution in [3.8, 4) is 0 Å². The van der Waals surface area contributed by atoms with Crippen LogP contribution >= 0.6 is 22.9 Å². The number of urea groups is 1. The molecule has 4 rings (SSSR count). The Balaban J connectivity index is 1.44. The molecule has 0 spiro atoms. The molecule has 0 radical (unpaired) electrons. The smallest absolute Gasteiger partial charge is 0.320 e. The van der Waals surface area contributed by atoms with Crippen molar-refractivity contribution in [2.24, 2.45) is 12.0 Å². The number of carbonyl (C=O) groups is 2. The molecule has 2 N–H and O–H groups in total. The van der Waals surface area contributed by atoms with E-state index in [1.807, 2.05) is 46.8 Å². The molecule has 3 amide bonds. The Labute approximate surface area is 208 Å². The number of likely N-dealkylation sites (tertiary alicyclic amines) is 1. The van der Waals surface area contributed by atoms with Crippen LogP contribution in [-0.4, -0.2) is 41.5 Å². The summed E-state index contributed by atoms with van der Waals surface area (Å²) in [6.07, 6.45) is 3.91. The van der Waals surface area contributed by atoms with Crippen LogP contribution < -0.4 is 15.4 Å². The third kappa shape index (κ3) is 5.69. The summed E-state index contributed by atoms with van der Waals surface area (Å²) in [6, 6.07) is 15.0. The van der Waals surface area contributed by atoms with Crippen molar-refractivity contribution in [1.82, 2.24) is 14.8 Å². The second kappa shape index (κ2) is 10.9. The predicted molar refractivity (Wildman–Crippen MR) is 136 cm³/mol. The number of aromatic nitrogens is 1. The Morgan fingerprint density at radius 3 is 2.38 bits per heavy atom. The Morgan fingerprint density at radius 1 is 1.09 bits per heavy atom. The van der Waals surface area contributed by atoms with Crippen LogP contribution in [0, 0.1) is 0 Å². The van der Waals surface area contributed by atoms with E-state index >= 15 is 0 Å². The SMILES string of the molecule is C/N=c1\sc(C2CCN(C(=O)[C@H](NC(=O)Nc3ccc(Cl)cc3)c3ccccc3)CC2)cn1C. The van der Waals surface area contributed by atoms with Gasteiger partial charge >= 0.3 is 6.03 Å². The molecule has 1 atom stereocenters. The number of thiazole rings is 1. The maximum absolute atomic E-state index is 13.5. The first-order chi connectivity index (χ1) is 16.4. The third-order valence-corrected chi connectivity index (χ3v) is 7.57. The molecule has 178 valence electrons. The highest BCUT2D eigenvalue weighted by Gasteiger charge is 2.31. The van der Waals surface area contributed by atoms with Crippen molar-refractivity contribution >= 4 is 40.6 Å². The molecular weight excluding hydrogens is 470 g/mol. The molecule has 2 aromatic carbocycles. The van der Waals surface area contributed by atoms with Gasteiger partial charge < -0.3 is 20.1 Å². The number of halogens is 1. The van der Waals surface area contributed by atoms with Gasteiger partial charge in [-0.1, -0.05) is 41.9 Å². The summed E-state index contributed by atoms with van der Waals surface area (Å²) in [4.78, 5) is 34.7. The lowest BCUT2D eigenvalue weighted by Gasteiger charge is -2.34. The second-order valence-corrected chi connectivity index (χ2v) is 9.78. The number of carbonyl (C=O) groups excluding carboxylic acids is 2. The van der Waals surface area contributed by atoms with Gasteiger partial charge in [-0.3, -0.25) is 9.79 Å². The van der Waals surface area contributed by atoms with Crippen molar-refractivity contribution in [3.63, 3.8) is 0 Å². The van der Waals surface area contributed by atoms with Gasteiger partial charge in [-0.2, -0.15) is 0 Å². The number of anilines is 1. The highest BCUT2D eigenvalue weighted by Crippen LogP contribution is 2.31. The molecule has 34 heavy (non-hydrogen) atoms. The monoisotopic (exact) mass is 497 g/mol. The van der Waals surface area contributed by atoms with Gasteiger partial charge in [0, 0.05) is 49.0 Å². The average Bonchev–Trinajstić information content (AvgIpc) is 3.25. The first-order valence-corrected chi connectivity index (χ1v) is 12.4. The molecule has 0 bridgehead atoms. The van der Waals surface area contributed by atoms with Crippen molar-refractivity contribution in [3.05, 3.63) is 81.1 Å². The van der Waals surface area contributed by atoms with Crippen LogP contribution in [0.5, 0.6) is 0 Å². The van der Waals surface area contributed by atoms with E-state index in [1.54, 1.807) is 42.6 Å². The molecule has 1 aromatic heterocycles. The maximum atomic E-state index is 13.5. The number of piperidine rings is 1. The summed E-state index contributed by atoms with van der Waals surface area (Å²) in [5.74, 6) is 0.309. The van der Waals surface area contributed by atoms with Gasteiger partial charge in [0.2, 0.25) is 5.91 Å². The van der Waals surface area contributed by atoms with Crippen LogP contribution in [0.2, 0.25) is 5.02 Å². The Hall–Kier alpha value is -3.10. The minimum absolute atomic E-state index is 0.100. The van der Waals surface area contributed by atoms with E-state index in [9.17, 15) is 9.59 Å². The summed E-state index contributed by atoms with van der Waals surface area (Å²) >= 11 is 7.63. The topological polar surface area (TPSA) is 78.7 Å². The average molecular weight is 498 g/mol. The minimum atomic E-state index is -0.768. The minimum Gasteiger partial charge on any atom is -0.341 e. The van der Waals surface area contributed by atoms with Crippen LogP contribution in [0.25, 0.3) is 0 Å². The van der Waals surface area contributed by atoms with Gasteiger partial charge in [-0.25, -0.2) is 4.79 Å². The van der Waals surface area contributed by atoms with Gasteiger partial charge in [0.15, 0.2) is 4.80 Å². The van der Waals surface area contributed by atoms with Crippen LogP contribution in [0.15, 0.2) is 65.8 Å². The van der Waals surface area contributed by atoms with E-state index in [1.165, 1.54) is 4.88 Å². The Kier molecular flexibility index (Phi) is 7.70. The highest BCUT2D eigenvalue weighted by atomic mass is 35.5. The number of rotatable bonds is 5. The van der Waals surface area contributed by atoms with Crippen molar-refractivity contribution < 1.29 is 9.59 Å². The van der Waals surface area contributed by atoms with Crippen LogP contribution in [0.1, 0.15) is 35.2 Å². The summed E-state index contributed by atoms with van der Waals surface area (Å²) in [7, 11) is 3.81. The zero-order valence-corrected chi connectivity index (χ0v) is 20.8. The van der Waals surface area contributed by atoms with Gasteiger partial charge in [0.1, 0.15) is 6.04 Å². The normalized spacial score (nSPS) is 15.7. The fourth-order valence-electron chi connectivity index (χ4n) is 4.17. The van der Waals surface area contributed by atoms with Crippen LogP contribution in [-0.2, 0) is 11.8 Å². The molecule has 7 nitrogen and oxygen atoms in total. The zero-order valence-electron chi connectivity index (χ0n) is 19.2. The maximum Gasteiger partial charge on any atom is 0.320 e. The summed E-state index contributed by atoms with van der Waals surface area (Å²) < 4.78 is 2.05. The van der Waals surface area contributed by atoms with Gasteiger partial charge in [0.25, 0.3) is 0 Å². The molecule has 0 saturated carbocycles. The molecule has 1 fully saturated rings. The quantitative estimate of drug-likeness (QED) is 0.542. The number of hydrogen-bond donors (Lipinski definition) is 2. The van der Waals surface area contributed by atoms with Crippen molar-refractivity contribution in [1.29, 1.82) is 0 Å². The first-order valence-electron chi connectivity index (χ1n) is 11.2. The van der Waals surface area contributed by atoms with Gasteiger partial charge in [-0.15, -0.1) is 11.3 Å². The number of aryl methyl sites for hydroxylation is 1. The van der Waals surface area contributed by atoms with E-state index in [0.29, 0.717) is 29.7 Å². The summed E-state index contributed by atoms with van der Waals surface area (Å²) in [5, 5.41) is 6.23. The zero-order chi connectivity index (χ0) is 24.1. The number of nitrogens with zero attached hydrogens (tertiary/aromatic N) is 3. The number of benzene rings is 2. The molecule has 1 aliphatic heterocycles. The fourth-order valence-corrected chi connectivity index (χ4v) is 5.41. The number of hydrogen-bond acceptors (Lipinski definition) is 4. The number of nitrogens with one attached hydrogen (secondary N) is 2. The second-order valence-electron chi connectivity index (χ2n) is 8.30. The van der Waals surface area contributed by atoms with Crippen molar-refractivity contribution in [2.75, 3.05) is 25.5 Å². The molecule has 3 aromatic rings. The Morgan fingerprint density at radius 2 is 1.76 bits per heavy atom. The molecular formula is C25H28ClN5O2S. The lowest BCUT2D eigenvalue weighted by Crippen LogP contribution is -2.46. The fraction of sp³-hybridized carbons (Fsp3) is 0.320. The lowest BCUT2D eigenvalue weighted by atomic mass is 9.94. The molecule has 9 heteroatoms. The van der Waals surface area contributed by atoms with Crippen LogP contribution in [0.4, 0.5) is 10.5 Å². The molecule has 1 saturated heterocycles. The largest absolute Gasteiger partial charge is 0.341 e. The third-order valence-electron chi connectivity index (χ3n) is 5.99. The van der Waals surface area contributed by atoms with E-state index in [4.69, 9.17) is 11.6 Å². The lowest BCUT2D eigenvalue weighted by molar-refractivity contribution is -0.134. The molecule has 1 aliphatic rings. The Bertz CT molecular complexity index is 1200. The van der Waals surface area contributed by atoms with E-state index in [2.05, 4.69) is 21.8 Å². The molecule has 2 heterocycles. The van der Waals surface area contributed by atoms with E-state index in [-0.39, 0.29) is 5.91 Å². The molecule has 0 unspecified atom stereocenters. The van der Waals surface area contributed by atoms with Gasteiger partial charge in [-0.05, 0) is 48.6 Å². The van der Waals surface area contributed by atoms with E-state index in [0.717, 1.165) is 23.2 Å².